The number of aromatic nitrogens is 3. The zero-order valence-electron chi connectivity index (χ0n) is 17.3. The number of halogens is 2. The predicted octanol–water partition coefficient (Wildman–Crippen LogP) is 4.08. The van der Waals surface area contributed by atoms with Crippen molar-refractivity contribution in [3.63, 3.8) is 0 Å². The molecule has 0 radical (unpaired) electrons. The second kappa shape index (κ2) is 8.51. The van der Waals surface area contributed by atoms with Crippen LogP contribution in [0.2, 0.25) is 0 Å². The average molecular weight is 427 g/mol. The third-order valence-corrected chi connectivity index (χ3v) is 6.33. The number of likely N-dealkylation sites (tertiary alicyclic amines) is 1. The van der Waals surface area contributed by atoms with E-state index in [-0.39, 0.29) is 18.2 Å². The lowest BCUT2D eigenvalue weighted by Crippen LogP contribution is -2.43. The maximum Gasteiger partial charge on any atom is 0.264 e. The van der Waals surface area contributed by atoms with E-state index in [1.165, 1.54) is 0 Å². The van der Waals surface area contributed by atoms with E-state index in [9.17, 15) is 13.9 Å². The number of aliphatic hydroxyl groups excluding tert-OH is 1. The first-order chi connectivity index (χ1) is 15.1. The molecule has 0 bridgehead atoms. The molecule has 1 aromatic carbocycles. The van der Waals surface area contributed by atoms with Crippen molar-refractivity contribution in [2.24, 2.45) is 0 Å². The van der Waals surface area contributed by atoms with Gasteiger partial charge in [-0.15, -0.1) is 10.2 Å². The van der Waals surface area contributed by atoms with Gasteiger partial charge in [-0.1, -0.05) is 12.1 Å². The molecule has 164 valence electrons. The van der Waals surface area contributed by atoms with Gasteiger partial charge in [0.05, 0.1) is 12.1 Å². The summed E-state index contributed by atoms with van der Waals surface area (Å²) in [5.74, 6) is 1.02. The Hall–Kier alpha value is -2.58. The van der Waals surface area contributed by atoms with E-state index in [2.05, 4.69) is 20.4 Å². The molecule has 0 unspecified atom stereocenters. The van der Waals surface area contributed by atoms with Gasteiger partial charge in [0, 0.05) is 36.5 Å². The number of fused-ring (bicyclic) bond motifs is 1. The normalized spacial score (nSPS) is 19.9. The summed E-state index contributed by atoms with van der Waals surface area (Å²) in [7, 11) is 0. The van der Waals surface area contributed by atoms with E-state index in [1.54, 1.807) is 12.1 Å². The molecule has 0 spiro atoms. The first-order valence-corrected chi connectivity index (χ1v) is 11.0. The Morgan fingerprint density at radius 3 is 2.81 bits per heavy atom. The molecule has 3 aromatic rings. The van der Waals surface area contributed by atoms with Crippen LogP contribution in [0.1, 0.15) is 49.2 Å². The van der Waals surface area contributed by atoms with E-state index in [0.717, 1.165) is 49.9 Å². The maximum absolute atomic E-state index is 13.9. The van der Waals surface area contributed by atoms with Gasteiger partial charge in [-0.3, -0.25) is 9.30 Å². The van der Waals surface area contributed by atoms with Gasteiger partial charge in [-0.2, -0.15) is 0 Å². The van der Waals surface area contributed by atoms with Crippen LogP contribution < -0.4 is 5.32 Å². The predicted molar refractivity (Wildman–Crippen MR) is 116 cm³/mol. The molecule has 1 saturated heterocycles. The third kappa shape index (κ3) is 4.14. The number of β-amino-alcohol motifs (C(OH)–C–C–N with tert-alkyl or cyclic N) is 1. The van der Waals surface area contributed by atoms with Crippen LogP contribution in [0, 0.1) is 0 Å². The van der Waals surface area contributed by atoms with Crippen molar-refractivity contribution in [1.29, 1.82) is 0 Å². The van der Waals surface area contributed by atoms with Crippen LogP contribution in [0.15, 0.2) is 36.5 Å². The number of nitrogens with zero attached hydrogens (tertiary/aromatic N) is 4. The first-order valence-electron chi connectivity index (χ1n) is 11.0. The van der Waals surface area contributed by atoms with Gasteiger partial charge in [-0.25, -0.2) is 8.78 Å². The van der Waals surface area contributed by atoms with Crippen molar-refractivity contribution < 1.29 is 13.9 Å². The number of nitrogens with one attached hydrogen (secondary N) is 1. The highest BCUT2D eigenvalue weighted by Crippen LogP contribution is 2.43. The Morgan fingerprint density at radius 2 is 2.03 bits per heavy atom. The highest BCUT2D eigenvalue weighted by molar-refractivity contribution is 5.80. The van der Waals surface area contributed by atoms with E-state index < -0.39 is 6.43 Å². The summed E-state index contributed by atoms with van der Waals surface area (Å²) >= 11 is 0. The lowest BCUT2D eigenvalue weighted by atomic mass is 9.99. The molecule has 0 amide bonds. The minimum absolute atomic E-state index is 0.0226. The molecule has 2 fully saturated rings. The van der Waals surface area contributed by atoms with Crippen LogP contribution in [-0.2, 0) is 0 Å². The molecule has 3 heterocycles. The van der Waals surface area contributed by atoms with E-state index >= 15 is 0 Å². The quantitative estimate of drug-likeness (QED) is 0.595. The second-order valence-corrected chi connectivity index (χ2v) is 8.57. The van der Waals surface area contributed by atoms with Crippen molar-refractivity contribution in [3.05, 3.63) is 47.7 Å². The van der Waals surface area contributed by atoms with Gasteiger partial charge in [0.15, 0.2) is 0 Å². The third-order valence-electron chi connectivity index (χ3n) is 6.33. The molecule has 1 aliphatic carbocycles. The van der Waals surface area contributed by atoms with Crippen LogP contribution in [-0.4, -0.2) is 56.9 Å². The number of hydrogen-bond acceptors (Lipinski definition) is 5. The second-order valence-electron chi connectivity index (χ2n) is 8.57. The average Bonchev–Trinajstić information content (AvgIpc) is 3.50. The fourth-order valence-corrected chi connectivity index (χ4v) is 4.59. The minimum atomic E-state index is -2.57. The monoisotopic (exact) mass is 427 g/mol. The zero-order chi connectivity index (χ0) is 21.4. The van der Waals surface area contributed by atoms with Gasteiger partial charge in [0.2, 0.25) is 5.95 Å². The molecule has 1 atom stereocenters. The van der Waals surface area contributed by atoms with Crippen molar-refractivity contribution >= 4 is 11.5 Å². The van der Waals surface area contributed by atoms with Crippen LogP contribution in [0.5, 0.6) is 0 Å². The minimum Gasteiger partial charge on any atom is -0.395 e. The summed E-state index contributed by atoms with van der Waals surface area (Å²) in [5, 5.41) is 21.4. The van der Waals surface area contributed by atoms with Crippen LogP contribution in [0.25, 0.3) is 16.8 Å². The SMILES string of the molecule is OCCN1CCC[C@@H](Nc2nnc(-c3ccc(C4CC4)cc3C(F)F)c3cccn23)C1. The molecule has 6 nitrogen and oxygen atoms in total. The first kappa shape index (κ1) is 20.3. The van der Waals surface area contributed by atoms with Gasteiger partial charge < -0.3 is 10.4 Å². The summed E-state index contributed by atoms with van der Waals surface area (Å²) in [5.41, 5.74) is 2.67. The molecule has 1 saturated carbocycles. The number of alkyl halides is 2. The molecule has 31 heavy (non-hydrogen) atoms. The van der Waals surface area contributed by atoms with Crippen molar-refractivity contribution in [2.75, 3.05) is 31.6 Å². The van der Waals surface area contributed by atoms with Crippen LogP contribution in [0.4, 0.5) is 14.7 Å². The molecule has 8 heteroatoms. The summed E-state index contributed by atoms with van der Waals surface area (Å²) in [6.07, 6.45) is 3.51. The highest BCUT2D eigenvalue weighted by atomic mass is 19.3. The summed E-state index contributed by atoms with van der Waals surface area (Å²) < 4.78 is 29.7. The maximum atomic E-state index is 13.9. The van der Waals surface area contributed by atoms with E-state index in [1.807, 2.05) is 28.8 Å². The Labute approximate surface area is 179 Å². The van der Waals surface area contributed by atoms with Crippen LogP contribution >= 0.6 is 0 Å². The van der Waals surface area contributed by atoms with Gasteiger partial charge in [-0.05, 0) is 61.9 Å². The molecule has 5 rings (SSSR count). The van der Waals surface area contributed by atoms with Crippen molar-refractivity contribution in [3.8, 4) is 11.3 Å². The summed E-state index contributed by atoms with van der Waals surface area (Å²) in [4.78, 5) is 2.23. The Bertz CT molecular complexity index is 1060. The zero-order valence-corrected chi connectivity index (χ0v) is 17.3. The topological polar surface area (TPSA) is 65.7 Å². The smallest absolute Gasteiger partial charge is 0.264 e. The van der Waals surface area contributed by atoms with Crippen molar-refractivity contribution in [1.82, 2.24) is 19.5 Å². The Morgan fingerprint density at radius 1 is 1.16 bits per heavy atom. The Balaban J connectivity index is 1.47. The van der Waals surface area contributed by atoms with Crippen LogP contribution in [0.3, 0.4) is 0 Å². The number of rotatable bonds is 7. The van der Waals surface area contributed by atoms with Gasteiger partial charge in [0.25, 0.3) is 6.43 Å². The number of anilines is 1. The highest BCUT2D eigenvalue weighted by Gasteiger charge is 2.27. The molecular formula is C23H27F2N5O. The standard InChI is InChI=1S/C23H27F2N5O/c24-22(25)19-13-16(15-5-6-15)7-8-18(19)21-20-4-2-10-30(20)23(28-27-21)26-17-3-1-9-29(14-17)11-12-31/h2,4,7-8,10,13,15,17,22,31H,1,3,5-6,9,11-12,14H2,(H,26,28)/t17-/m1/s1. The number of piperidine rings is 1. The fourth-order valence-electron chi connectivity index (χ4n) is 4.59. The Kier molecular flexibility index (Phi) is 5.58. The van der Waals surface area contributed by atoms with E-state index in [4.69, 9.17) is 0 Å². The van der Waals surface area contributed by atoms with Crippen molar-refractivity contribution in [2.45, 2.75) is 44.1 Å². The van der Waals surface area contributed by atoms with Gasteiger partial charge in [0.1, 0.15) is 5.69 Å². The molecule has 1 aliphatic heterocycles. The molecular weight excluding hydrogens is 400 g/mol. The largest absolute Gasteiger partial charge is 0.395 e. The number of aliphatic hydroxyl groups is 1. The molecule has 2 aliphatic rings. The lowest BCUT2D eigenvalue weighted by Gasteiger charge is -2.32. The number of benzene rings is 1. The lowest BCUT2D eigenvalue weighted by molar-refractivity contribution is 0.152. The summed E-state index contributed by atoms with van der Waals surface area (Å²) in [6, 6.07) is 9.32. The molecule has 2 N–H and O–H groups in total. The van der Waals surface area contributed by atoms with E-state index in [0.29, 0.717) is 29.7 Å². The summed E-state index contributed by atoms with van der Waals surface area (Å²) in [6.45, 7) is 2.62. The fraction of sp³-hybridized carbons (Fsp3) is 0.478. The van der Waals surface area contributed by atoms with Gasteiger partial charge >= 0.3 is 0 Å². The molecule has 2 aromatic heterocycles. The number of hydrogen-bond donors (Lipinski definition) is 2.